The van der Waals surface area contributed by atoms with E-state index >= 15 is 0 Å². The van der Waals surface area contributed by atoms with Gasteiger partial charge in [0.05, 0.1) is 16.4 Å². The molecule has 0 aliphatic heterocycles. The van der Waals surface area contributed by atoms with Gasteiger partial charge in [0, 0.05) is 19.0 Å². The van der Waals surface area contributed by atoms with Crippen LogP contribution in [-0.2, 0) is 19.4 Å². The molecule has 2 rings (SSSR count). The zero-order chi connectivity index (χ0) is 15.4. The van der Waals surface area contributed by atoms with Gasteiger partial charge in [-0.3, -0.25) is 4.68 Å². The third-order valence-corrected chi connectivity index (χ3v) is 4.15. The summed E-state index contributed by atoms with van der Waals surface area (Å²) in [7, 11) is 1.90. The summed E-state index contributed by atoms with van der Waals surface area (Å²) in [6.07, 6.45) is 1.54. The van der Waals surface area contributed by atoms with Crippen LogP contribution in [-0.4, -0.2) is 16.8 Å². The summed E-state index contributed by atoms with van der Waals surface area (Å²) in [6, 6.07) is 6.65. The zero-order valence-corrected chi connectivity index (χ0v) is 13.4. The molecule has 0 aliphatic carbocycles. The quantitative estimate of drug-likeness (QED) is 0.880. The molecule has 0 amide bonds. The van der Waals surface area contributed by atoms with Crippen molar-refractivity contribution < 1.29 is 4.39 Å². The minimum absolute atomic E-state index is 0.0785. The molecule has 1 unspecified atom stereocenters. The lowest BCUT2D eigenvalue weighted by Gasteiger charge is -2.17. The Morgan fingerprint density at radius 2 is 1.95 bits per heavy atom. The first-order valence-corrected chi connectivity index (χ1v) is 7.65. The number of hydrogen-bond acceptors (Lipinski definition) is 2. The van der Waals surface area contributed by atoms with E-state index in [-0.39, 0.29) is 11.9 Å². The lowest BCUT2D eigenvalue weighted by atomic mass is 10.0. The summed E-state index contributed by atoms with van der Waals surface area (Å²) in [5.74, 6) is -0.224. The van der Waals surface area contributed by atoms with Crippen LogP contribution in [0.1, 0.15) is 36.8 Å². The van der Waals surface area contributed by atoms with E-state index in [1.807, 2.05) is 18.7 Å². The van der Waals surface area contributed by atoms with Crippen LogP contribution in [0.25, 0.3) is 0 Å². The number of hydrogen-bond donors (Lipinski definition) is 1. The molecule has 1 heterocycles. The number of aryl methyl sites for hydroxylation is 2. The molecule has 0 saturated heterocycles. The molecule has 3 nitrogen and oxygen atoms in total. The summed E-state index contributed by atoms with van der Waals surface area (Å²) >= 11 is 6.45. The molecular weight excluding hydrogens is 289 g/mol. The minimum Gasteiger partial charge on any atom is -0.313 e. The number of benzene rings is 1. The molecule has 114 valence electrons. The summed E-state index contributed by atoms with van der Waals surface area (Å²) < 4.78 is 15.0. The van der Waals surface area contributed by atoms with E-state index in [2.05, 4.69) is 17.3 Å². The number of nitrogens with one attached hydrogen (secondary N) is 1. The molecule has 1 atom stereocenters. The molecule has 0 aliphatic rings. The molecule has 0 radical (unpaired) electrons. The second kappa shape index (κ2) is 7.05. The van der Waals surface area contributed by atoms with Gasteiger partial charge < -0.3 is 5.32 Å². The average molecular weight is 310 g/mol. The Kier molecular flexibility index (Phi) is 5.37. The zero-order valence-electron chi connectivity index (χ0n) is 12.7. The number of halogens is 2. The molecule has 5 heteroatoms. The highest BCUT2D eigenvalue weighted by atomic mass is 35.5. The van der Waals surface area contributed by atoms with E-state index in [1.54, 1.807) is 12.1 Å². The van der Waals surface area contributed by atoms with Gasteiger partial charge in [0.2, 0.25) is 0 Å². The molecule has 2 aromatic rings. The van der Waals surface area contributed by atoms with Gasteiger partial charge in [-0.05, 0) is 38.1 Å². The Morgan fingerprint density at radius 3 is 2.48 bits per heavy atom. The fourth-order valence-corrected chi connectivity index (χ4v) is 2.83. The molecule has 0 fully saturated rings. The van der Waals surface area contributed by atoms with Gasteiger partial charge in [-0.25, -0.2) is 4.39 Å². The first-order chi connectivity index (χ1) is 10.1. The number of aromatic nitrogens is 2. The van der Waals surface area contributed by atoms with Crippen LogP contribution in [0.2, 0.25) is 5.02 Å². The lowest BCUT2D eigenvalue weighted by molar-refractivity contribution is 0.539. The van der Waals surface area contributed by atoms with Crippen molar-refractivity contribution in [1.82, 2.24) is 15.1 Å². The molecule has 1 N–H and O–H groups in total. The van der Waals surface area contributed by atoms with Crippen molar-refractivity contribution in [3.05, 3.63) is 52.1 Å². The summed E-state index contributed by atoms with van der Waals surface area (Å²) in [5.41, 5.74) is 3.00. The van der Waals surface area contributed by atoms with E-state index in [1.165, 1.54) is 12.1 Å². The maximum absolute atomic E-state index is 13.1. The van der Waals surface area contributed by atoms with Crippen LogP contribution < -0.4 is 5.32 Å². The van der Waals surface area contributed by atoms with Crippen molar-refractivity contribution in [3.8, 4) is 0 Å². The van der Waals surface area contributed by atoms with Gasteiger partial charge in [0.1, 0.15) is 5.82 Å². The first kappa shape index (κ1) is 16.0. The standard InChI is InChI=1S/C16H21ClFN3/c1-4-13-16(17)15(21(5-2)20-13)10-14(19-3)11-6-8-12(18)9-7-11/h6-9,14,19H,4-5,10H2,1-3H3. The van der Waals surface area contributed by atoms with Gasteiger partial charge >= 0.3 is 0 Å². The van der Waals surface area contributed by atoms with Crippen LogP contribution in [0.4, 0.5) is 4.39 Å². The highest BCUT2D eigenvalue weighted by Crippen LogP contribution is 2.27. The van der Waals surface area contributed by atoms with Crippen LogP contribution >= 0.6 is 11.6 Å². The Labute approximate surface area is 130 Å². The SMILES string of the molecule is CCc1nn(CC)c(CC(NC)c2ccc(F)cc2)c1Cl. The molecular formula is C16H21ClFN3. The number of nitrogens with zero attached hydrogens (tertiary/aromatic N) is 2. The van der Waals surface area contributed by atoms with Crippen LogP contribution in [0, 0.1) is 5.82 Å². The predicted molar refractivity (Wildman–Crippen MR) is 84.2 cm³/mol. The van der Waals surface area contributed by atoms with Gasteiger partial charge in [-0.2, -0.15) is 5.10 Å². The Bertz CT molecular complexity index is 592. The van der Waals surface area contributed by atoms with Crippen molar-refractivity contribution in [1.29, 1.82) is 0 Å². The third-order valence-electron chi connectivity index (χ3n) is 3.71. The van der Waals surface area contributed by atoms with E-state index < -0.39 is 0 Å². The maximum atomic E-state index is 13.1. The Hall–Kier alpha value is -1.39. The fourth-order valence-electron chi connectivity index (χ4n) is 2.49. The average Bonchev–Trinajstić information content (AvgIpc) is 2.81. The highest BCUT2D eigenvalue weighted by Gasteiger charge is 2.19. The van der Waals surface area contributed by atoms with Gasteiger partial charge in [0.15, 0.2) is 0 Å². The Morgan fingerprint density at radius 1 is 1.29 bits per heavy atom. The largest absolute Gasteiger partial charge is 0.313 e. The van der Waals surface area contributed by atoms with Crippen LogP contribution in [0.3, 0.4) is 0 Å². The van der Waals surface area contributed by atoms with Crippen LogP contribution in [0.5, 0.6) is 0 Å². The molecule has 21 heavy (non-hydrogen) atoms. The summed E-state index contributed by atoms with van der Waals surface area (Å²) in [6.45, 7) is 4.89. The third kappa shape index (κ3) is 3.44. The molecule has 1 aromatic heterocycles. The fraction of sp³-hybridized carbons (Fsp3) is 0.438. The lowest BCUT2D eigenvalue weighted by Crippen LogP contribution is -2.20. The number of rotatable bonds is 6. The maximum Gasteiger partial charge on any atom is 0.123 e. The monoisotopic (exact) mass is 309 g/mol. The predicted octanol–water partition coefficient (Wildman–Crippen LogP) is 3.76. The second-order valence-corrected chi connectivity index (χ2v) is 5.35. The smallest absolute Gasteiger partial charge is 0.123 e. The van der Waals surface area contributed by atoms with Crippen molar-refractivity contribution in [2.24, 2.45) is 0 Å². The summed E-state index contributed by atoms with van der Waals surface area (Å²) in [4.78, 5) is 0. The molecule has 0 spiro atoms. The van der Waals surface area contributed by atoms with Crippen molar-refractivity contribution in [2.75, 3.05) is 7.05 Å². The number of likely N-dealkylation sites (N-methyl/N-ethyl adjacent to an activating group) is 1. The van der Waals surface area contributed by atoms with Crippen molar-refractivity contribution in [2.45, 2.75) is 39.3 Å². The van der Waals surface area contributed by atoms with Crippen LogP contribution in [0.15, 0.2) is 24.3 Å². The second-order valence-electron chi connectivity index (χ2n) is 4.97. The van der Waals surface area contributed by atoms with Gasteiger partial charge in [-0.15, -0.1) is 0 Å². The van der Waals surface area contributed by atoms with Crippen molar-refractivity contribution in [3.63, 3.8) is 0 Å². The van der Waals surface area contributed by atoms with E-state index in [0.717, 1.165) is 41.4 Å². The van der Waals surface area contributed by atoms with E-state index in [4.69, 9.17) is 11.6 Å². The molecule has 0 saturated carbocycles. The van der Waals surface area contributed by atoms with Gasteiger partial charge in [-0.1, -0.05) is 30.7 Å². The first-order valence-electron chi connectivity index (χ1n) is 7.27. The Balaban J connectivity index is 2.30. The van der Waals surface area contributed by atoms with E-state index in [0.29, 0.717) is 0 Å². The highest BCUT2D eigenvalue weighted by molar-refractivity contribution is 6.31. The normalized spacial score (nSPS) is 12.6. The topological polar surface area (TPSA) is 29.9 Å². The minimum atomic E-state index is -0.224. The summed E-state index contributed by atoms with van der Waals surface area (Å²) in [5, 5.41) is 8.56. The van der Waals surface area contributed by atoms with Crippen molar-refractivity contribution >= 4 is 11.6 Å². The molecule has 1 aromatic carbocycles. The van der Waals surface area contributed by atoms with E-state index in [9.17, 15) is 4.39 Å². The molecule has 0 bridgehead atoms. The van der Waals surface area contributed by atoms with Gasteiger partial charge in [0.25, 0.3) is 0 Å².